The van der Waals surface area contributed by atoms with Crippen molar-refractivity contribution in [1.29, 1.82) is 5.26 Å². The number of ether oxygens (including phenoxy) is 1. The number of aromatic nitrogens is 1. The van der Waals surface area contributed by atoms with Gasteiger partial charge in [0, 0.05) is 7.05 Å². The van der Waals surface area contributed by atoms with Crippen molar-refractivity contribution in [3.8, 4) is 11.8 Å². The van der Waals surface area contributed by atoms with Crippen LogP contribution in [-0.4, -0.2) is 12.0 Å². The lowest BCUT2D eigenvalue weighted by molar-refractivity contribution is 0.300. The van der Waals surface area contributed by atoms with E-state index < -0.39 is 0 Å². The standard InChI is InChI=1S/C14H13N3O/c1-16-14-8-4-6-12(17-14)10-18-13-7-3-2-5-11(13)9-15/h2-8H,10H2,1H3,(H,16,17). The largest absolute Gasteiger partial charge is 0.486 e. The maximum Gasteiger partial charge on any atom is 0.137 e. The fourth-order valence-corrected chi connectivity index (χ4v) is 1.54. The van der Waals surface area contributed by atoms with Gasteiger partial charge in [-0.2, -0.15) is 5.26 Å². The first-order valence-corrected chi connectivity index (χ1v) is 5.59. The normalized spacial score (nSPS) is 9.56. The summed E-state index contributed by atoms with van der Waals surface area (Å²) in [5.74, 6) is 1.38. The van der Waals surface area contributed by atoms with E-state index in [0.717, 1.165) is 11.5 Å². The molecule has 2 aromatic rings. The molecule has 0 aliphatic carbocycles. The first-order chi connectivity index (χ1) is 8.83. The van der Waals surface area contributed by atoms with Crippen molar-refractivity contribution in [3.63, 3.8) is 0 Å². The third kappa shape index (κ3) is 2.77. The molecule has 4 nitrogen and oxygen atoms in total. The Kier molecular flexibility index (Phi) is 3.77. The zero-order valence-corrected chi connectivity index (χ0v) is 10.1. The van der Waals surface area contributed by atoms with E-state index in [0.29, 0.717) is 17.9 Å². The first kappa shape index (κ1) is 11.9. The maximum atomic E-state index is 8.94. The second-order valence-corrected chi connectivity index (χ2v) is 3.66. The van der Waals surface area contributed by atoms with Crippen LogP contribution >= 0.6 is 0 Å². The quantitative estimate of drug-likeness (QED) is 0.890. The summed E-state index contributed by atoms with van der Waals surface area (Å²) < 4.78 is 5.60. The fourth-order valence-electron chi connectivity index (χ4n) is 1.54. The molecular formula is C14H13N3O. The first-order valence-electron chi connectivity index (χ1n) is 5.59. The average Bonchev–Trinajstić information content (AvgIpc) is 2.45. The van der Waals surface area contributed by atoms with E-state index in [1.54, 1.807) is 12.1 Å². The summed E-state index contributed by atoms with van der Waals surface area (Å²) in [6.45, 7) is 0.341. The summed E-state index contributed by atoms with van der Waals surface area (Å²) >= 11 is 0. The summed E-state index contributed by atoms with van der Waals surface area (Å²) in [4.78, 5) is 4.34. The van der Waals surface area contributed by atoms with Gasteiger partial charge in [0.2, 0.25) is 0 Å². The number of pyridine rings is 1. The average molecular weight is 239 g/mol. The fraction of sp³-hybridized carbons (Fsp3) is 0.143. The molecule has 18 heavy (non-hydrogen) atoms. The van der Waals surface area contributed by atoms with Crippen LogP contribution in [0.25, 0.3) is 0 Å². The molecule has 0 saturated carbocycles. The third-order valence-corrected chi connectivity index (χ3v) is 2.45. The van der Waals surface area contributed by atoms with Crippen LogP contribution in [0.4, 0.5) is 5.82 Å². The van der Waals surface area contributed by atoms with Crippen molar-refractivity contribution in [2.24, 2.45) is 0 Å². The maximum absolute atomic E-state index is 8.94. The number of nitriles is 1. The van der Waals surface area contributed by atoms with E-state index in [1.807, 2.05) is 37.4 Å². The van der Waals surface area contributed by atoms with E-state index >= 15 is 0 Å². The Morgan fingerprint density at radius 3 is 2.83 bits per heavy atom. The van der Waals surface area contributed by atoms with Crippen molar-refractivity contribution in [1.82, 2.24) is 4.98 Å². The molecule has 0 bridgehead atoms. The Labute approximate surface area is 106 Å². The molecule has 1 aromatic carbocycles. The third-order valence-electron chi connectivity index (χ3n) is 2.45. The van der Waals surface area contributed by atoms with E-state index in [2.05, 4.69) is 16.4 Å². The molecule has 0 spiro atoms. The lowest BCUT2D eigenvalue weighted by Crippen LogP contribution is -2.01. The van der Waals surface area contributed by atoms with Crippen LogP contribution in [0.3, 0.4) is 0 Å². The Balaban J connectivity index is 2.09. The predicted molar refractivity (Wildman–Crippen MR) is 69.3 cm³/mol. The number of benzene rings is 1. The predicted octanol–water partition coefficient (Wildman–Crippen LogP) is 2.57. The number of para-hydroxylation sites is 1. The van der Waals surface area contributed by atoms with Gasteiger partial charge in [-0.3, -0.25) is 0 Å². The second kappa shape index (κ2) is 5.69. The molecule has 0 fully saturated rings. The molecule has 1 heterocycles. The van der Waals surface area contributed by atoms with E-state index in [-0.39, 0.29) is 0 Å². The Hall–Kier alpha value is -2.54. The van der Waals surface area contributed by atoms with Crippen molar-refractivity contribution >= 4 is 5.82 Å². The van der Waals surface area contributed by atoms with Gasteiger partial charge in [0.25, 0.3) is 0 Å². The summed E-state index contributed by atoms with van der Waals surface area (Å²) in [5.41, 5.74) is 1.34. The highest BCUT2D eigenvalue weighted by Crippen LogP contribution is 2.18. The number of nitrogens with zero attached hydrogens (tertiary/aromatic N) is 2. The zero-order chi connectivity index (χ0) is 12.8. The molecule has 0 aliphatic heterocycles. The molecule has 0 unspecified atom stereocenters. The highest BCUT2D eigenvalue weighted by atomic mass is 16.5. The molecular weight excluding hydrogens is 226 g/mol. The molecule has 2 rings (SSSR count). The van der Waals surface area contributed by atoms with Crippen LogP contribution in [0.5, 0.6) is 5.75 Å². The molecule has 0 saturated heterocycles. The van der Waals surface area contributed by atoms with Gasteiger partial charge in [0.05, 0.1) is 11.3 Å². The second-order valence-electron chi connectivity index (χ2n) is 3.66. The highest BCUT2D eigenvalue weighted by molar-refractivity contribution is 5.42. The Bertz CT molecular complexity index is 575. The number of rotatable bonds is 4. The van der Waals surface area contributed by atoms with Gasteiger partial charge in [-0.25, -0.2) is 4.98 Å². The van der Waals surface area contributed by atoms with Crippen molar-refractivity contribution in [2.75, 3.05) is 12.4 Å². The van der Waals surface area contributed by atoms with Gasteiger partial charge >= 0.3 is 0 Å². The summed E-state index contributed by atoms with van der Waals surface area (Å²) in [7, 11) is 1.82. The van der Waals surface area contributed by atoms with Crippen molar-refractivity contribution in [3.05, 3.63) is 53.7 Å². The molecule has 4 heteroatoms. The molecule has 0 amide bonds. The van der Waals surface area contributed by atoms with Crippen LogP contribution in [-0.2, 0) is 6.61 Å². The number of nitrogens with one attached hydrogen (secondary N) is 1. The monoisotopic (exact) mass is 239 g/mol. The molecule has 1 aromatic heterocycles. The molecule has 0 radical (unpaired) electrons. The Morgan fingerprint density at radius 2 is 2.06 bits per heavy atom. The number of hydrogen-bond donors (Lipinski definition) is 1. The number of anilines is 1. The van der Waals surface area contributed by atoms with Crippen LogP contribution in [0.2, 0.25) is 0 Å². The van der Waals surface area contributed by atoms with Crippen LogP contribution < -0.4 is 10.1 Å². The van der Waals surface area contributed by atoms with Crippen molar-refractivity contribution < 1.29 is 4.74 Å². The minimum Gasteiger partial charge on any atom is -0.486 e. The van der Waals surface area contributed by atoms with Gasteiger partial charge in [-0.1, -0.05) is 18.2 Å². The SMILES string of the molecule is CNc1cccc(COc2ccccc2C#N)n1. The van der Waals surface area contributed by atoms with Crippen LogP contribution in [0, 0.1) is 11.3 Å². The van der Waals surface area contributed by atoms with Crippen LogP contribution in [0.1, 0.15) is 11.3 Å². The number of hydrogen-bond acceptors (Lipinski definition) is 4. The van der Waals surface area contributed by atoms with Crippen molar-refractivity contribution in [2.45, 2.75) is 6.61 Å². The topological polar surface area (TPSA) is 57.9 Å². The van der Waals surface area contributed by atoms with Gasteiger partial charge in [-0.05, 0) is 24.3 Å². The van der Waals surface area contributed by atoms with Gasteiger partial charge in [0.1, 0.15) is 24.2 Å². The molecule has 1 N–H and O–H groups in total. The minimum absolute atomic E-state index is 0.341. The van der Waals surface area contributed by atoms with Crippen LogP contribution in [0.15, 0.2) is 42.5 Å². The summed E-state index contributed by atoms with van der Waals surface area (Å²) in [6.07, 6.45) is 0. The van der Waals surface area contributed by atoms with E-state index in [9.17, 15) is 0 Å². The zero-order valence-electron chi connectivity index (χ0n) is 10.1. The van der Waals surface area contributed by atoms with Gasteiger partial charge in [0.15, 0.2) is 0 Å². The molecule has 0 atom stereocenters. The molecule has 90 valence electrons. The lowest BCUT2D eigenvalue weighted by atomic mass is 10.2. The Morgan fingerprint density at radius 1 is 1.22 bits per heavy atom. The molecule has 0 aliphatic rings. The smallest absolute Gasteiger partial charge is 0.137 e. The van der Waals surface area contributed by atoms with E-state index in [4.69, 9.17) is 10.00 Å². The van der Waals surface area contributed by atoms with Gasteiger partial charge in [-0.15, -0.1) is 0 Å². The highest BCUT2D eigenvalue weighted by Gasteiger charge is 2.03. The minimum atomic E-state index is 0.341. The summed E-state index contributed by atoms with van der Waals surface area (Å²) in [5, 5.41) is 11.9. The lowest BCUT2D eigenvalue weighted by Gasteiger charge is -2.08. The summed E-state index contributed by atoms with van der Waals surface area (Å²) in [6, 6.07) is 14.9. The van der Waals surface area contributed by atoms with E-state index in [1.165, 1.54) is 0 Å². The van der Waals surface area contributed by atoms with Gasteiger partial charge < -0.3 is 10.1 Å².